The van der Waals surface area contributed by atoms with Crippen LogP contribution >= 0.6 is 11.3 Å². The second kappa shape index (κ2) is 9.97. The topological polar surface area (TPSA) is 43.6 Å². The molecule has 5 heteroatoms. The molecule has 0 atom stereocenters. The SMILES string of the molecule is c1ccc(-c2nc(-c3ccccc3)nc(-c3cccc(-n4c5c6ccccc6ccc5c5sc6ccccc6c54)c3)n2)cc1. The van der Waals surface area contributed by atoms with Gasteiger partial charge in [-0.3, -0.25) is 0 Å². The van der Waals surface area contributed by atoms with Crippen molar-refractivity contribution in [1.82, 2.24) is 19.5 Å². The summed E-state index contributed by atoms with van der Waals surface area (Å²) >= 11 is 1.86. The predicted molar refractivity (Wildman–Crippen MR) is 183 cm³/mol. The molecule has 9 rings (SSSR count). The first-order valence-corrected chi connectivity index (χ1v) is 15.4. The third kappa shape index (κ3) is 3.94. The van der Waals surface area contributed by atoms with Gasteiger partial charge in [0.15, 0.2) is 17.5 Å². The fourth-order valence-electron chi connectivity index (χ4n) is 6.21. The van der Waals surface area contributed by atoms with E-state index in [9.17, 15) is 0 Å². The summed E-state index contributed by atoms with van der Waals surface area (Å²) in [5.41, 5.74) is 6.38. The first-order valence-electron chi connectivity index (χ1n) is 14.6. The summed E-state index contributed by atoms with van der Waals surface area (Å²) in [4.78, 5) is 14.9. The molecule has 0 aliphatic carbocycles. The number of aromatic nitrogens is 4. The molecule has 9 aromatic rings. The fourth-order valence-corrected chi connectivity index (χ4v) is 7.42. The zero-order valence-electron chi connectivity index (χ0n) is 23.6. The van der Waals surface area contributed by atoms with Gasteiger partial charge in [0.25, 0.3) is 0 Å². The minimum Gasteiger partial charge on any atom is -0.307 e. The number of hydrogen-bond acceptors (Lipinski definition) is 4. The Morgan fingerprint density at radius 1 is 0.432 bits per heavy atom. The Balaban J connectivity index is 1.32. The molecule has 3 heterocycles. The molecule has 0 spiro atoms. The van der Waals surface area contributed by atoms with Gasteiger partial charge in [-0.05, 0) is 23.6 Å². The number of thiophene rings is 1. The third-order valence-corrected chi connectivity index (χ3v) is 9.42. The zero-order valence-corrected chi connectivity index (χ0v) is 24.4. The van der Waals surface area contributed by atoms with Gasteiger partial charge in [0, 0.05) is 43.2 Å². The quantitative estimate of drug-likeness (QED) is 0.208. The van der Waals surface area contributed by atoms with E-state index < -0.39 is 0 Å². The van der Waals surface area contributed by atoms with Crippen LogP contribution in [0.2, 0.25) is 0 Å². The molecule has 0 amide bonds. The summed E-state index contributed by atoms with van der Waals surface area (Å²) in [6, 6.07) is 50.7. The van der Waals surface area contributed by atoms with E-state index in [4.69, 9.17) is 15.0 Å². The molecular formula is C39H24N4S. The summed E-state index contributed by atoms with van der Waals surface area (Å²) in [6.45, 7) is 0. The van der Waals surface area contributed by atoms with Crippen LogP contribution in [-0.4, -0.2) is 19.5 Å². The molecule has 0 aliphatic heterocycles. The Bertz CT molecular complexity index is 2430. The van der Waals surface area contributed by atoms with Crippen molar-refractivity contribution in [1.29, 1.82) is 0 Å². The average Bonchev–Trinajstić information content (AvgIpc) is 3.64. The van der Waals surface area contributed by atoms with Crippen LogP contribution < -0.4 is 0 Å². The van der Waals surface area contributed by atoms with Crippen molar-refractivity contribution in [2.45, 2.75) is 0 Å². The van der Waals surface area contributed by atoms with Gasteiger partial charge in [0.1, 0.15) is 0 Å². The number of rotatable bonds is 4. The lowest BCUT2D eigenvalue weighted by Gasteiger charge is -2.12. The van der Waals surface area contributed by atoms with Crippen LogP contribution in [0.1, 0.15) is 0 Å². The molecular weight excluding hydrogens is 557 g/mol. The van der Waals surface area contributed by atoms with Gasteiger partial charge >= 0.3 is 0 Å². The van der Waals surface area contributed by atoms with E-state index in [1.165, 1.54) is 42.0 Å². The van der Waals surface area contributed by atoms with Crippen molar-refractivity contribution < 1.29 is 0 Å². The lowest BCUT2D eigenvalue weighted by molar-refractivity contribution is 1.07. The minimum absolute atomic E-state index is 0.646. The van der Waals surface area contributed by atoms with E-state index in [-0.39, 0.29) is 0 Å². The molecule has 6 aromatic carbocycles. The predicted octanol–water partition coefficient (Wildman–Crippen LogP) is 10.3. The van der Waals surface area contributed by atoms with Crippen molar-refractivity contribution in [3.8, 4) is 39.9 Å². The van der Waals surface area contributed by atoms with Gasteiger partial charge < -0.3 is 4.57 Å². The average molecular weight is 581 g/mol. The van der Waals surface area contributed by atoms with Gasteiger partial charge in [0.2, 0.25) is 0 Å². The van der Waals surface area contributed by atoms with Gasteiger partial charge in [-0.1, -0.05) is 127 Å². The first kappa shape index (κ1) is 24.9. The number of benzene rings is 6. The largest absolute Gasteiger partial charge is 0.307 e. The van der Waals surface area contributed by atoms with E-state index in [1.54, 1.807) is 0 Å². The molecule has 0 radical (unpaired) electrons. The highest BCUT2D eigenvalue weighted by Gasteiger charge is 2.20. The zero-order chi connectivity index (χ0) is 29.0. The van der Waals surface area contributed by atoms with Crippen molar-refractivity contribution in [2.75, 3.05) is 0 Å². The highest BCUT2D eigenvalue weighted by atomic mass is 32.1. The van der Waals surface area contributed by atoms with Crippen LogP contribution in [0.15, 0.2) is 146 Å². The smallest absolute Gasteiger partial charge is 0.164 e. The van der Waals surface area contributed by atoms with Gasteiger partial charge in [0.05, 0.1) is 15.7 Å². The monoisotopic (exact) mass is 580 g/mol. The second-order valence-electron chi connectivity index (χ2n) is 10.9. The lowest BCUT2D eigenvalue weighted by atomic mass is 10.1. The number of fused-ring (bicyclic) bond motifs is 7. The van der Waals surface area contributed by atoms with Crippen LogP contribution in [0.25, 0.3) is 81.8 Å². The summed E-state index contributed by atoms with van der Waals surface area (Å²) in [7, 11) is 0. The molecule has 44 heavy (non-hydrogen) atoms. The van der Waals surface area contributed by atoms with E-state index in [2.05, 4.69) is 89.5 Å². The van der Waals surface area contributed by atoms with Gasteiger partial charge in [-0.2, -0.15) is 0 Å². The third-order valence-electron chi connectivity index (χ3n) is 8.22. The van der Waals surface area contributed by atoms with Gasteiger partial charge in [-0.15, -0.1) is 11.3 Å². The van der Waals surface area contributed by atoms with E-state index in [0.717, 1.165) is 22.4 Å². The van der Waals surface area contributed by atoms with Crippen LogP contribution in [0.4, 0.5) is 0 Å². The lowest BCUT2D eigenvalue weighted by Crippen LogP contribution is -2.01. The van der Waals surface area contributed by atoms with Crippen molar-refractivity contribution >= 4 is 53.3 Å². The molecule has 206 valence electrons. The highest BCUT2D eigenvalue weighted by molar-refractivity contribution is 7.26. The maximum atomic E-state index is 5.01. The van der Waals surface area contributed by atoms with E-state index in [1.807, 2.05) is 72.0 Å². The molecule has 0 saturated heterocycles. The van der Waals surface area contributed by atoms with Crippen LogP contribution in [0, 0.1) is 0 Å². The molecule has 3 aromatic heterocycles. The van der Waals surface area contributed by atoms with Crippen molar-refractivity contribution in [3.05, 3.63) is 146 Å². The second-order valence-corrected chi connectivity index (χ2v) is 11.9. The molecule has 4 nitrogen and oxygen atoms in total. The van der Waals surface area contributed by atoms with Crippen LogP contribution in [0.5, 0.6) is 0 Å². The first-order chi connectivity index (χ1) is 21.8. The standard InChI is InChI=1S/C39H24N4S/c1-3-13-26(14-4-1)37-40-38(27-15-5-2-6-16-27)42-39(41-37)28-17-11-18-29(24-28)43-34-30-19-8-7-12-25(30)22-23-32(34)36-35(43)31-20-9-10-21-33(31)44-36/h1-24H. The molecule has 0 bridgehead atoms. The Labute approximate surface area is 257 Å². The van der Waals surface area contributed by atoms with Crippen molar-refractivity contribution in [2.24, 2.45) is 0 Å². The molecule has 0 fully saturated rings. The summed E-state index contributed by atoms with van der Waals surface area (Å²) < 4.78 is 5.03. The summed E-state index contributed by atoms with van der Waals surface area (Å²) in [5, 5.41) is 4.99. The highest BCUT2D eigenvalue weighted by Crippen LogP contribution is 2.44. The maximum Gasteiger partial charge on any atom is 0.164 e. The van der Waals surface area contributed by atoms with Crippen LogP contribution in [0.3, 0.4) is 0 Å². The van der Waals surface area contributed by atoms with E-state index in [0.29, 0.717) is 17.5 Å². The Morgan fingerprint density at radius 2 is 1.02 bits per heavy atom. The Hall–Kier alpha value is -5.65. The molecule has 0 saturated carbocycles. The van der Waals surface area contributed by atoms with Crippen LogP contribution in [-0.2, 0) is 0 Å². The fraction of sp³-hybridized carbons (Fsp3) is 0. The van der Waals surface area contributed by atoms with E-state index >= 15 is 0 Å². The molecule has 0 aliphatic rings. The van der Waals surface area contributed by atoms with Crippen molar-refractivity contribution in [3.63, 3.8) is 0 Å². The summed E-state index contributed by atoms with van der Waals surface area (Å²) in [5.74, 6) is 1.96. The number of hydrogen-bond donors (Lipinski definition) is 0. The normalized spacial score (nSPS) is 11.6. The minimum atomic E-state index is 0.646. The molecule has 0 N–H and O–H groups in total. The number of nitrogens with zero attached hydrogens (tertiary/aromatic N) is 4. The summed E-state index contributed by atoms with van der Waals surface area (Å²) in [6.07, 6.45) is 0. The molecule has 0 unspecified atom stereocenters. The Kier molecular flexibility index (Phi) is 5.64. The maximum absolute atomic E-state index is 5.01. The Morgan fingerprint density at radius 3 is 1.75 bits per heavy atom. The van der Waals surface area contributed by atoms with Gasteiger partial charge in [-0.25, -0.2) is 15.0 Å².